The number of nitrogens with one attached hydrogen (secondary N) is 1. The van der Waals surface area contributed by atoms with Crippen molar-refractivity contribution in [2.45, 2.75) is 0 Å². The number of nitrogens with zero attached hydrogens (tertiary/aromatic N) is 1. The first-order valence-corrected chi connectivity index (χ1v) is 3.88. The third kappa shape index (κ3) is 2.82. The fourth-order valence-corrected chi connectivity index (χ4v) is 0.851. The minimum atomic E-state index is -1.17. The Hall–Kier alpha value is -1.41. The van der Waals surface area contributed by atoms with E-state index in [1.807, 2.05) is 0 Å². The van der Waals surface area contributed by atoms with E-state index in [2.05, 4.69) is 0 Å². The van der Waals surface area contributed by atoms with Crippen LogP contribution in [0.25, 0.3) is 0 Å². The van der Waals surface area contributed by atoms with Crippen molar-refractivity contribution < 1.29 is 29.9 Å². The van der Waals surface area contributed by atoms with Gasteiger partial charge in [0, 0.05) is 6.07 Å². The van der Waals surface area contributed by atoms with E-state index in [0.29, 0.717) is 4.74 Å². The van der Waals surface area contributed by atoms with Crippen LogP contribution in [0, 0.1) is 5.21 Å². The van der Waals surface area contributed by atoms with Gasteiger partial charge in [-0.1, -0.05) is 0 Å². The van der Waals surface area contributed by atoms with Crippen LogP contribution in [0.4, 0.5) is 5.88 Å². The van der Waals surface area contributed by atoms with Crippen LogP contribution in [0.15, 0.2) is 16.5 Å². The summed E-state index contributed by atoms with van der Waals surface area (Å²) in [7, 11) is 0. The van der Waals surface area contributed by atoms with Crippen LogP contribution >= 0.6 is 0 Å². The van der Waals surface area contributed by atoms with E-state index >= 15 is 0 Å². The van der Waals surface area contributed by atoms with Crippen molar-refractivity contribution in [1.29, 1.82) is 0 Å². The highest BCUT2D eigenvalue weighted by Gasteiger charge is 2.09. The number of rotatable bonds is 4. The number of quaternary nitrogens is 1. The van der Waals surface area contributed by atoms with Crippen molar-refractivity contribution in [3.63, 3.8) is 0 Å². The van der Waals surface area contributed by atoms with Gasteiger partial charge in [0.05, 0.1) is 0 Å². The molecule has 7 nitrogen and oxygen atoms in total. The quantitative estimate of drug-likeness (QED) is 0.206. The molecular formula is C7H11N2O5+. The van der Waals surface area contributed by atoms with Crippen LogP contribution in [0.5, 0.6) is 0 Å². The summed E-state index contributed by atoms with van der Waals surface area (Å²) in [6, 6.07) is 2.69. The molecule has 0 bridgehead atoms. The zero-order valence-corrected chi connectivity index (χ0v) is 7.25. The molecule has 1 aromatic heterocycles. The SMILES string of the molecule is [O-][NH+](O)c1ccc(/C=[N+](/O)CCO)o1. The van der Waals surface area contributed by atoms with Crippen LogP contribution in [0.1, 0.15) is 5.76 Å². The predicted octanol–water partition coefficient (Wildman–Crippen LogP) is -1.50. The molecule has 0 radical (unpaired) electrons. The molecule has 1 unspecified atom stereocenters. The van der Waals surface area contributed by atoms with Crippen molar-refractivity contribution in [3.05, 3.63) is 23.1 Å². The maximum absolute atomic E-state index is 10.4. The monoisotopic (exact) mass is 203 g/mol. The Balaban J connectivity index is 2.72. The van der Waals surface area contributed by atoms with Gasteiger partial charge in [-0.15, -0.1) is 0 Å². The van der Waals surface area contributed by atoms with Crippen molar-refractivity contribution in [3.8, 4) is 0 Å². The molecule has 0 saturated carbocycles. The van der Waals surface area contributed by atoms with E-state index in [9.17, 15) is 5.21 Å². The van der Waals surface area contributed by atoms with Gasteiger partial charge in [-0.25, -0.2) is 5.21 Å². The number of hydroxylamine groups is 1. The maximum Gasteiger partial charge on any atom is 0.329 e. The van der Waals surface area contributed by atoms with E-state index < -0.39 is 5.23 Å². The molecule has 0 spiro atoms. The Morgan fingerprint density at radius 2 is 2.29 bits per heavy atom. The molecule has 14 heavy (non-hydrogen) atoms. The fourth-order valence-electron chi connectivity index (χ4n) is 0.851. The minimum absolute atomic E-state index is 0.0309. The average molecular weight is 203 g/mol. The van der Waals surface area contributed by atoms with Crippen LogP contribution in [0.3, 0.4) is 0 Å². The van der Waals surface area contributed by atoms with Crippen LogP contribution < -0.4 is 5.23 Å². The molecule has 0 saturated heterocycles. The summed E-state index contributed by atoms with van der Waals surface area (Å²) in [5.74, 6) is 0.00648. The third-order valence-electron chi connectivity index (χ3n) is 1.44. The lowest BCUT2D eigenvalue weighted by molar-refractivity contribution is -0.997. The maximum atomic E-state index is 10.4. The van der Waals surface area contributed by atoms with Gasteiger partial charge in [0.25, 0.3) is 6.21 Å². The Labute approximate surface area is 79.2 Å². The molecule has 1 aromatic rings. The summed E-state index contributed by atoms with van der Waals surface area (Å²) in [6.07, 6.45) is 1.18. The molecule has 4 N–H and O–H groups in total. The summed E-state index contributed by atoms with van der Waals surface area (Å²) in [5, 5.41) is 35.3. The molecule has 0 aromatic carbocycles. The number of aliphatic hydroxyl groups is 1. The lowest BCUT2D eigenvalue weighted by Crippen LogP contribution is -2.99. The molecule has 78 valence electrons. The van der Waals surface area contributed by atoms with Gasteiger partial charge in [-0.05, 0) is 10.8 Å². The standard InChI is InChI=1S/C7H11N2O5/c10-4-3-8(11)5-6-1-2-7(14-6)9(12)13/h1-2,5,9-12H,3-4H2/q+1/b8-5+. The van der Waals surface area contributed by atoms with E-state index in [4.69, 9.17) is 19.9 Å². The second-order valence-electron chi connectivity index (χ2n) is 2.52. The topological polar surface area (TPSA) is 104 Å². The largest absolute Gasteiger partial charge is 0.592 e. The van der Waals surface area contributed by atoms with Crippen molar-refractivity contribution in [2.24, 2.45) is 0 Å². The van der Waals surface area contributed by atoms with Crippen LogP contribution in [-0.2, 0) is 0 Å². The number of furan rings is 1. The van der Waals surface area contributed by atoms with Crippen molar-refractivity contribution in [2.75, 3.05) is 13.2 Å². The Bertz CT molecular complexity index is 320. The van der Waals surface area contributed by atoms with Crippen molar-refractivity contribution in [1.82, 2.24) is 0 Å². The Kier molecular flexibility index (Phi) is 3.60. The zero-order chi connectivity index (χ0) is 10.6. The van der Waals surface area contributed by atoms with Crippen molar-refractivity contribution >= 4 is 12.1 Å². The summed E-state index contributed by atoms with van der Waals surface area (Å²) < 4.78 is 5.54. The molecule has 0 fully saturated rings. The second-order valence-corrected chi connectivity index (χ2v) is 2.52. The Morgan fingerprint density at radius 1 is 1.57 bits per heavy atom. The van der Waals surface area contributed by atoms with E-state index in [-0.39, 0.29) is 24.8 Å². The second kappa shape index (κ2) is 4.72. The molecule has 1 heterocycles. The molecule has 0 aliphatic carbocycles. The van der Waals surface area contributed by atoms with Gasteiger partial charge in [-0.3, -0.25) is 5.21 Å². The number of hydrogen-bond acceptors (Lipinski definition) is 5. The Morgan fingerprint density at radius 3 is 2.79 bits per heavy atom. The third-order valence-corrected chi connectivity index (χ3v) is 1.44. The highest BCUT2D eigenvalue weighted by molar-refractivity contribution is 5.71. The normalized spacial score (nSPS) is 14.4. The van der Waals surface area contributed by atoms with Gasteiger partial charge < -0.3 is 14.7 Å². The minimum Gasteiger partial charge on any atom is -0.592 e. The summed E-state index contributed by atoms with van der Waals surface area (Å²) in [6.45, 7) is -0.178. The fraction of sp³-hybridized carbons (Fsp3) is 0.286. The molecule has 1 rings (SSSR count). The van der Waals surface area contributed by atoms with Gasteiger partial charge in [0.1, 0.15) is 6.61 Å². The summed E-state index contributed by atoms with van der Waals surface area (Å²) in [4.78, 5) is 0. The first-order chi connectivity index (χ1) is 6.63. The highest BCUT2D eigenvalue weighted by atomic mass is 16.8. The molecule has 7 heteroatoms. The van der Waals surface area contributed by atoms with Crippen LogP contribution in [0.2, 0.25) is 0 Å². The predicted molar refractivity (Wildman–Crippen MR) is 43.6 cm³/mol. The molecule has 0 aliphatic rings. The first kappa shape index (κ1) is 10.7. The van der Waals surface area contributed by atoms with Gasteiger partial charge in [0.15, 0.2) is 0 Å². The van der Waals surface area contributed by atoms with E-state index in [1.165, 1.54) is 18.3 Å². The molecule has 0 aliphatic heterocycles. The highest BCUT2D eigenvalue weighted by Crippen LogP contribution is 2.05. The number of aliphatic hydroxyl groups excluding tert-OH is 1. The van der Waals surface area contributed by atoms with E-state index in [1.54, 1.807) is 0 Å². The van der Waals surface area contributed by atoms with E-state index in [0.717, 1.165) is 0 Å². The average Bonchev–Trinajstić information content (AvgIpc) is 2.53. The zero-order valence-electron chi connectivity index (χ0n) is 7.25. The molecule has 0 amide bonds. The van der Waals surface area contributed by atoms with Gasteiger partial charge >= 0.3 is 5.88 Å². The number of hydrogen-bond donors (Lipinski definition) is 4. The summed E-state index contributed by atoms with van der Waals surface area (Å²) in [5.41, 5.74) is 0. The van der Waals surface area contributed by atoms with Gasteiger partial charge in [0.2, 0.25) is 12.3 Å². The summed E-state index contributed by atoms with van der Waals surface area (Å²) >= 11 is 0. The van der Waals surface area contributed by atoms with Gasteiger partial charge in [-0.2, -0.15) is 5.23 Å². The smallest absolute Gasteiger partial charge is 0.329 e. The molecular weight excluding hydrogens is 192 g/mol. The first-order valence-electron chi connectivity index (χ1n) is 3.88. The van der Waals surface area contributed by atoms with Crippen LogP contribution in [-0.4, -0.2) is 39.6 Å². The lowest BCUT2D eigenvalue weighted by Gasteiger charge is -2.05. The lowest BCUT2D eigenvalue weighted by atomic mass is 10.5. The molecule has 1 atom stereocenters.